The van der Waals surface area contributed by atoms with E-state index in [1.807, 2.05) is 18.2 Å². The molecule has 2 aromatic carbocycles. The Morgan fingerprint density at radius 3 is 2.46 bits per heavy atom. The van der Waals surface area contributed by atoms with E-state index < -0.39 is 0 Å². The van der Waals surface area contributed by atoms with Gasteiger partial charge in [0, 0.05) is 23.7 Å². The number of benzene rings is 2. The van der Waals surface area contributed by atoms with Gasteiger partial charge in [0.2, 0.25) is 6.79 Å². The van der Waals surface area contributed by atoms with Crippen molar-refractivity contribution in [2.75, 3.05) is 6.79 Å². The second-order valence-electron chi connectivity index (χ2n) is 7.26. The van der Waals surface area contributed by atoms with Gasteiger partial charge in [-0.15, -0.1) is 0 Å². The van der Waals surface area contributed by atoms with E-state index in [0.717, 1.165) is 31.2 Å². The van der Waals surface area contributed by atoms with Crippen molar-refractivity contribution in [2.45, 2.75) is 44.7 Å². The third-order valence-corrected chi connectivity index (χ3v) is 5.22. The standard InChI is InChI=1S/C22H24N2O4/c25-21(23-13-15-9-10-19-20(11-15)28-14-27-19)16-5-4-6-17(12-16)22(26)24-18-7-2-1-3-8-18/h4-6,9-12,18H,1-3,7-8,13-14H2,(H,23,25)(H,24,26). The van der Waals surface area contributed by atoms with E-state index in [2.05, 4.69) is 10.6 Å². The minimum atomic E-state index is -0.218. The van der Waals surface area contributed by atoms with E-state index in [1.165, 1.54) is 6.42 Å². The first-order valence-corrected chi connectivity index (χ1v) is 9.77. The first-order chi connectivity index (χ1) is 13.7. The van der Waals surface area contributed by atoms with Gasteiger partial charge in [-0.25, -0.2) is 0 Å². The number of ether oxygens (including phenoxy) is 2. The van der Waals surface area contributed by atoms with Gasteiger partial charge in [0.25, 0.3) is 11.8 Å². The van der Waals surface area contributed by atoms with E-state index in [0.29, 0.717) is 29.2 Å². The summed E-state index contributed by atoms with van der Waals surface area (Å²) in [5.41, 5.74) is 1.90. The van der Waals surface area contributed by atoms with Crippen LogP contribution >= 0.6 is 0 Å². The Morgan fingerprint density at radius 1 is 0.893 bits per heavy atom. The van der Waals surface area contributed by atoms with Gasteiger partial charge in [-0.05, 0) is 48.7 Å². The Hall–Kier alpha value is -3.02. The van der Waals surface area contributed by atoms with Crippen LogP contribution in [0.5, 0.6) is 11.5 Å². The van der Waals surface area contributed by atoms with Crippen molar-refractivity contribution in [3.05, 3.63) is 59.2 Å². The third-order valence-electron chi connectivity index (χ3n) is 5.22. The lowest BCUT2D eigenvalue weighted by Gasteiger charge is -2.22. The molecule has 4 rings (SSSR count). The maximum Gasteiger partial charge on any atom is 0.251 e. The summed E-state index contributed by atoms with van der Waals surface area (Å²) >= 11 is 0. The molecule has 1 aliphatic heterocycles. The van der Waals surface area contributed by atoms with Crippen LogP contribution in [-0.2, 0) is 6.54 Å². The molecule has 146 valence electrons. The summed E-state index contributed by atoms with van der Waals surface area (Å²) in [5.74, 6) is 1.07. The van der Waals surface area contributed by atoms with Crippen molar-refractivity contribution in [3.63, 3.8) is 0 Å². The van der Waals surface area contributed by atoms with Crippen LogP contribution in [0.25, 0.3) is 0 Å². The SMILES string of the molecule is O=C(NCc1ccc2c(c1)OCO2)c1cccc(C(=O)NC2CCCCC2)c1. The topological polar surface area (TPSA) is 76.7 Å². The highest BCUT2D eigenvalue weighted by Crippen LogP contribution is 2.32. The number of hydrogen-bond donors (Lipinski definition) is 2. The molecule has 0 radical (unpaired) electrons. The van der Waals surface area contributed by atoms with Crippen LogP contribution in [0.15, 0.2) is 42.5 Å². The molecule has 1 aliphatic carbocycles. The zero-order valence-electron chi connectivity index (χ0n) is 15.7. The van der Waals surface area contributed by atoms with Crippen molar-refractivity contribution < 1.29 is 19.1 Å². The van der Waals surface area contributed by atoms with Gasteiger partial charge >= 0.3 is 0 Å². The van der Waals surface area contributed by atoms with Gasteiger partial charge < -0.3 is 20.1 Å². The van der Waals surface area contributed by atoms with Crippen LogP contribution in [0.2, 0.25) is 0 Å². The molecule has 28 heavy (non-hydrogen) atoms. The fraction of sp³-hybridized carbons (Fsp3) is 0.364. The molecule has 2 aromatic rings. The maximum atomic E-state index is 12.5. The number of amides is 2. The number of nitrogens with one attached hydrogen (secondary N) is 2. The van der Waals surface area contributed by atoms with E-state index in [4.69, 9.17) is 9.47 Å². The highest BCUT2D eigenvalue weighted by atomic mass is 16.7. The number of rotatable bonds is 5. The first-order valence-electron chi connectivity index (χ1n) is 9.77. The summed E-state index contributed by atoms with van der Waals surface area (Å²) in [6, 6.07) is 12.7. The molecule has 1 heterocycles. The Morgan fingerprint density at radius 2 is 1.64 bits per heavy atom. The number of carbonyl (C=O) groups excluding carboxylic acids is 2. The fourth-order valence-electron chi connectivity index (χ4n) is 3.65. The molecule has 0 saturated heterocycles. The minimum absolute atomic E-state index is 0.114. The summed E-state index contributed by atoms with van der Waals surface area (Å²) in [4.78, 5) is 25.0. The molecule has 2 N–H and O–H groups in total. The van der Waals surface area contributed by atoms with Gasteiger partial charge in [-0.3, -0.25) is 9.59 Å². The van der Waals surface area contributed by atoms with Crippen LogP contribution in [0.3, 0.4) is 0 Å². The molecule has 2 amide bonds. The molecule has 0 spiro atoms. The van der Waals surface area contributed by atoms with Crippen molar-refractivity contribution >= 4 is 11.8 Å². The van der Waals surface area contributed by atoms with Gasteiger partial charge in [0.1, 0.15) is 0 Å². The molecule has 0 bridgehead atoms. The third kappa shape index (κ3) is 4.27. The highest BCUT2D eigenvalue weighted by Gasteiger charge is 2.18. The second kappa shape index (κ2) is 8.33. The monoisotopic (exact) mass is 380 g/mol. The number of carbonyl (C=O) groups is 2. The van der Waals surface area contributed by atoms with Gasteiger partial charge in [-0.2, -0.15) is 0 Å². The Kier molecular flexibility index (Phi) is 5.46. The molecular formula is C22H24N2O4. The molecular weight excluding hydrogens is 356 g/mol. The summed E-state index contributed by atoms with van der Waals surface area (Å²) in [7, 11) is 0. The largest absolute Gasteiger partial charge is 0.454 e. The molecule has 0 atom stereocenters. The molecule has 0 unspecified atom stereocenters. The van der Waals surface area contributed by atoms with Gasteiger partial charge in [0.15, 0.2) is 11.5 Å². The lowest BCUT2D eigenvalue weighted by molar-refractivity contribution is 0.0927. The number of fused-ring (bicyclic) bond motifs is 1. The number of hydrogen-bond acceptors (Lipinski definition) is 4. The Labute approximate surface area is 164 Å². The van der Waals surface area contributed by atoms with Crippen LogP contribution < -0.4 is 20.1 Å². The van der Waals surface area contributed by atoms with E-state index in [9.17, 15) is 9.59 Å². The first kappa shape index (κ1) is 18.3. The predicted molar refractivity (Wildman–Crippen MR) is 105 cm³/mol. The van der Waals surface area contributed by atoms with E-state index >= 15 is 0 Å². The van der Waals surface area contributed by atoms with Crippen LogP contribution in [-0.4, -0.2) is 24.6 Å². The van der Waals surface area contributed by atoms with Crippen molar-refractivity contribution in [1.29, 1.82) is 0 Å². The van der Waals surface area contributed by atoms with Crippen molar-refractivity contribution in [1.82, 2.24) is 10.6 Å². The van der Waals surface area contributed by atoms with Crippen molar-refractivity contribution in [3.8, 4) is 11.5 Å². The zero-order chi connectivity index (χ0) is 19.3. The molecule has 6 nitrogen and oxygen atoms in total. The molecule has 2 aliphatic rings. The zero-order valence-corrected chi connectivity index (χ0v) is 15.7. The lowest BCUT2D eigenvalue weighted by Crippen LogP contribution is -2.36. The fourth-order valence-corrected chi connectivity index (χ4v) is 3.65. The van der Waals surface area contributed by atoms with Gasteiger partial charge in [-0.1, -0.05) is 31.4 Å². The molecule has 6 heteroatoms. The average Bonchev–Trinajstić information content (AvgIpc) is 3.20. The quantitative estimate of drug-likeness (QED) is 0.833. The molecule has 1 saturated carbocycles. The Balaban J connectivity index is 1.36. The summed E-state index contributed by atoms with van der Waals surface area (Å²) in [6.07, 6.45) is 5.62. The van der Waals surface area contributed by atoms with Gasteiger partial charge in [0.05, 0.1) is 0 Å². The summed E-state index contributed by atoms with van der Waals surface area (Å²) in [6.45, 7) is 0.592. The lowest BCUT2D eigenvalue weighted by atomic mass is 9.95. The maximum absolute atomic E-state index is 12.5. The summed E-state index contributed by atoms with van der Waals surface area (Å²) < 4.78 is 10.6. The second-order valence-corrected chi connectivity index (χ2v) is 7.26. The van der Waals surface area contributed by atoms with E-state index in [1.54, 1.807) is 24.3 Å². The Bertz CT molecular complexity index is 875. The van der Waals surface area contributed by atoms with Crippen LogP contribution in [0.4, 0.5) is 0 Å². The minimum Gasteiger partial charge on any atom is -0.454 e. The van der Waals surface area contributed by atoms with Crippen molar-refractivity contribution in [2.24, 2.45) is 0 Å². The molecule has 0 aromatic heterocycles. The summed E-state index contributed by atoms with van der Waals surface area (Å²) in [5, 5.41) is 5.97. The highest BCUT2D eigenvalue weighted by molar-refractivity contribution is 5.99. The predicted octanol–water partition coefficient (Wildman–Crippen LogP) is 3.41. The average molecular weight is 380 g/mol. The van der Waals surface area contributed by atoms with Crippen LogP contribution in [0, 0.1) is 0 Å². The molecule has 1 fully saturated rings. The van der Waals surface area contributed by atoms with E-state index in [-0.39, 0.29) is 24.6 Å². The van der Waals surface area contributed by atoms with Crippen LogP contribution in [0.1, 0.15) is 58.4 Å². The normalized spacial score (nSPS) is 15.9. The smallest absolute Gasteiger partial charge is 0.251 e.